The molecule has 1 saturated carbocycles. The highest BCUT2D eigenvalue weighted by Crippen LogP contribution is 2.60. The summed E-state index contributed by atoms with van der Waals surface area (Å²) in [4.78, 5) is 12.8. The van der Waals surface area contributed by atoms with Gasteiger partial charge in [0, 0.05) is 9.51 Å². The summed E-state index contributed by atoms with van der Waals surface area (Å²) in [6, 6.07) is 20.9. The van der Waals surface area contributed by atoms with E-state index in [9.17, 15) is 9.18 Å². The number of carbonyl (C=O) groups is 1. The molecule has 0 spiro atoms. The third kappa shape index (κ3) is 5.48. The van der Waals surface area contributed by atoms with Crippen LogP contribution in [0.15, 0.2) is 78.9 Å². The van der Waals surface area contributed by atoms with E-state index in [1.807, 2.05) is 56.3 Å². The Labute approximate surface area is 206 Å². The molecule has 2 unspecified atom stereocenters. The van der Waals surface area contributed by atoms with E-state index < -0.39 is 5.82 Å². The van der Waals surface area contributed by atoms with Gasteiger partial charge in [0.2, 0.25) is 0 Å². The van der Waals surface area contributed by atoms with Crippen LogP contribution in [0.5, 0.6) is 11.5 Å². The lowest BCUT2D eigenvalue weighted by molar-refractivity contribution is -0.147. The molecular formula is C27H23BrClFO3. The minimum Gasteiger partial charge on any atom is -0.461 e. The third-order valence-electron chi connectivity index (χ3n) is 5.96. The molecule has 3 aromatic rings. The Balaban J connectivity index is 1.40. The summed E-state index contributed by atoms with van der Waals surface area (Å²) in [5.74, 6) is -0.333. The zero-order valence-electron chi connectivity index (χ0n) is 18.2. The Kier molecular flexibility index (Phi) is 6.91. The molecule has 0 aliphatic heterocycles. The molecule has 0 N–H and O–H groups in total. The van der Waals surface area contributed by atoms with Crippen LogP contribution in [-0.4, -0.2) is 5.97 Å². The molecule has 1 fully saturated rings. The Morgan fingerprint density at radius 1 is 1.09 bits per heavy atom. The van der Waals surface area contributed by atoms with E-state index in [-0.39, 0.29) is 35.6 Å². The van der Waals surface area contributed by atoms with Crippen molar-refractivity contribution in [1.29, 1.82) is 0 Å². The van der Waals surface area contributed by atoms with Gasteiger partial charge in [-0.3, -0.25) is 4.79 Å². The molecular weight excluding hydrogens is 507 g/mol. The fourth-order valence-electron chi connectivity index (χ4n) is 3.88. The molecule has 0 aromatic heterocycles. The number of hydrogen-bond donors (Lipinski definition) is 0. The molecule has 3 nitrogen and oxygen atoms in total. The molecule has 1 aliphatic rings. The van der Waals surface area contributed by atoms with Gasteiger partial charge in [0.05, 0.1) is 5.92 Å². The minimum atomic E-state index is -0.477. The van der Waals surface area contributed by atoms with Crippen molar-refractivity contribution in [2.45, 2.75) is 20.5 Å². The summed E-state index contributed by atoms with van der Waals surface area (Å²) in [6.07, 6.45) is 2.05. The lowest BCUT2D eigenvalue weighted by atomic mass is 10.1. The van der Waals surface area contributed by atoms with Crippen molar-refractivity contribution >= 4 is 38.0 Å². The van der Waals surface area contributed by atoms with Gasteiger partial charge in [0.1, 0.15) is 12.4 Å². The van der Waals surface area contributed by atoms with Crippen LogP contribution in [0.1, 0.15) is 25.0 Å². The zero-order valence-corrected chi connectivity index (χ0v) is 20.6. The zero-order chi connectivity index (χ0) is 23.6. The van der Waals surface area contributed by atoms with E-state index in [2.05, 4.69) is 22.0 Å². The van der Waals surface area contributed by atoms with Crippen molar-refractivity contribution in [2.24, 2.45) is 17.3 Å². The first-order valence-electron chi connectivity index (χ1n) is 10.6. The summed E-state index contributed by atoms with van der Waals surface area (Å²) in [6.45, 7) is 4.14. The maximum Gasteiger partial charge on any atom is 0.310 e. The first-order valence-corrected chi connectivity index (χ1v) is 11.7. The Morgan fingerprint density at radius 3 is 2.48 bits per heavy atom. The summed E-state index contributed by atoms with van der Waals surface area (Å²) < 4.78 is 26.3. The molecule has 6 heteroatoms. The van der Waals surface area contributed by atoms with Gasteiger partial charge in [-0.05, 0) is 58.9 Å². The molecule has 1 aliphatic carbocycles. The Hall–Kier alpha value is -2.63. The quantitative estimate of drug-likeness (QED) is 0.291. The Morgan fingerprint density at radius 2 is 1.79 bits per heavy atom. The van der Waals surface area contributed by atoms with Crippen LogP contribution in [0.25, 0.3) is 4.48 Å². The van der Waals surface area contributed by atoms with Gasteiger partial charge in [-0.1, -0.05) is 83.9 Å². The van der Waals surface area contributed by atoms with Gasteiger partial charge < -0.3 is 9.47 Å². The number of halogens is 3. The first kappa shape index (κ1) is 23.5. The third-order valence-corrected chi connectivity index (χ3v) is 6.93. The van der Waals surface area contributed by atoms with Gasteiger partial charge in [0.25, 0.3) is 0 Å². The van der Waals surface area contributed by atoms with Crippen molar-refractivity contribution in [3.8, 4) is 11.5 Å². The van der Waals surface area contributed by atoms with Crippen LogP contribution in [0.3, 0.4) is 0 Å². The molecule has 4 rings (SSSR count). The van der Waals surface area contributed by atoms with Crippen molar-refractivity contribution in [2.75, 3.05) is 0 Å². The van der Waals surface area contributed by atoms with Crippen LogP contribution < -0.4 is 4.74 Å². The average molecular weight is 530 g/mol. The maximum atomic E-state index is 14.2. The second kappa shape index (κ2) is 9.70. The number of hydrogen-bond acceptors (Lipinski definition) is 3. The number of benzene rings is 3. The number of allylic oxidation sites excluding steroid dienone is 1. The molecule has 2 atom stereocenters. The molecule has 3 aromatic carbocycles. The van der Waals surface area contributed by atoms with Gasteiger partial charge >= 0.3 is 5.97 Å². The van der Waals surface area contributed by atoms with Gasteiger partial charge in [0.15, 0.2) is 11.6 Å². The second-order valence-corrected chi connectivity index (χ2v) is 9.92. The average Bonchev–Trinajstić information content (AvgIpc) is 3.34. The van der Waals surface area contributed by atoms with Crippen molar-refractivity contribution < 1.29 is 18.7 Å². The number of carbonyl (C=O) groups excluding carboxylic acids is 1. The van der Waals surface area contributed by atoms with E-state index in [1.165, 1.54) is 6.07 Å². The molecule has 170 valence electrons. The highest BCUT2D eigenvalue weighted by atomic mass is 79.9. The summed E-state index contributed by atoms with van der Waals surface area (Å²) >= 11 is 9.58. The van der Waals surface area contributed by atoms with E-state index in [0.29, 0.717) is 16.3 Å². The van der Waals surface area contributed by atoms with Gasteiger partial charge in [-0.15, -0.1) is 0 Å². The van der Waals surface area contributed by atoms with Crippen LogP contribution in [0, 0.1) is 23.1 Å². The first-order chi connectivity index (χ1) is 15.8. The highest BCUT2D eigenvalue weighted by Gasteiger charge is 2.61. The molecule has 33 heavy (non-hydrogen) atoms. The van der Waals surface area contributed by atoms with E-state index in [4.69, 9.17) is 21.1 Å². The number of ether oxygens (including phenoxy) is 2. The highest BCUT2D eigenvalue weighted by molar-refractivity contribution is 9.15. The van der Waals surface area contributed by atoms with Gasteiger partial charge in [-0.25, -0.2) is 4.39 Å². The largest absolute Gasteiger partial charge is 0.461 e. The Bertz CT molecular complexity index is 1180. The topological polar surface area (TPSA) is 35.5 Å². The van der Waals surface area contributed by atoms with Crippen LogP contribution in [-0.2, 0) is 16.1 Å². The summed E-state index contributed by atoms with van der Waals surface area (Å²) in [7, 11) is 0. The fraction of sp³-hybridized carbons (Fsp3) is 0.222. The van der Waals surface area contributed by atoms with Crippen molar-refractivity contribution in [1.82, 2.24) is 0 Å². The van der Waals surface area contributed by atoms with Crippen LogP contribution >= 0.6 is 27.5 Å². The summed E-state index contributed by atoms with van der Waals surface area (Å²) in [5, 5.41) is 0.672. The minimum absolute atomic E-state index is 0.0419. The smallest absolute Gasteiger partial charge is 0.310 e. The predicted molar refractivity (Wildman–Crippen MR) is 132 cm³/mol. The van der Waals surface area contributed by atoms with Crippen molar-refractivity contribution in [3.63, 3.8) is 0 Å². The summed E-state index contributed by atoms with van der Waals surface area (Å²) in [5.41, 5.74) is 1.43. The monoisotopic (exact) mass is 528 g/mol. The SMILES string of the molecule is CC1(C)C(/C=C(\Br)c2ccc(Cl)cc2)C1C(=O)OCc1ccc(F)c(Oc2ccccc2)c1. The molecule has 0 radical (unpaired) electrons. The number of para-hydroxylation sites is 1. The van der Waals surface area contributed by atoms with E-state index in [1.54, 1.807) is 24.3 Å². The number of rotatable bonds is 7. The lowest BCUT2D eigenvalue weighted by Crippen LogP contribution is -2.10. The van der Waals surface area contributed by atoms with Crippen molar-refractivity contribution in [3.05, 3.63) is 101 Å². The van der Waals surface area contributed by atoms with Gasteiger partial charge in [-0.2, -0.15) is 0 Å². The normalized spacial score (nSPS) is 19.1. The van der Waals surface area contributed by atoms with Crippen LogP contribution in [0.2, 0.25) is 5.02 Å². The standard InChI is InChI=1S/C27H23BrClFO3/c1-27(2)21(15-22(28)18-9-11-19(29)12-10-18)25(27)26(31)32-16-17-8-13-23(30)24(14-17)33-20-6-4-3-5-7-20/h3-15,21,25H,16H2,1-2H3/b22-15-. The second-order valence-electron chi connectivity index (χ2n) is 8.63. The number of esters is 1. The van der Waals surface area contributed by atoms with E-state index in [0.717, 1.165) is 10.0 Å². The predicted octanol–water partition coefficient (Wildman–Crippen LogP) is 8.02. The molecule has 0 heterocycles. The fourth-order valence-corrected chi connectivity index (χ4v) is 4.55. The maximum absolute atomic E-state index is 14.2. The lowest BCUT2D eigenvalue weighted by Gasteiger charge is -2.10. The van der Waals surface area contributed by atoms with Crippen LogP contribution in [0.4, 0.5) is 4.39 Å². The molecule has 0 amide bonds. The van der Waals surface area contributed by atoms with E-state index >= 15 is 0 Å². The molecule has 0 saturated heterocycles. The molecule has 0 bridgehead atoms.